The number of amides is 1. The quantitative estimate of drug-likeness (QED) is 0.894. The predicted molar refractivity (Wildman–Crippen MR) is 85.6 cm³/mol. The molecule has 2 rings (SSSR count). The molecule has 0 bridgehead atoms. The number of likely N-dealkylation sites (tertiary alicyclic amines) is 1. The molecule has 0 atom stereocenters. The molecule has 5 heteroatoms. The molecule has 0 aliphatic carbocycles. The highest BCUT2D eigenvalue weighted by molar-refractivity contribution is 5.92. The summed E-state index contributed by atoms with van der Waals surface area (Å²) in [5.74, 6) is 0.0807. The molecule has 1 fully saturated rings. The van der Waals surface area contributed by atoms with Crippen molar-refractivity contribution in [3.63, 3.8) is 0 Å². The first kappa shape index (κ1) is 17.0. The highest BCUT2D eigenvalue weighted by Gasteiger charge is 2.19. The Labute approximate surface area is 127 Å². The van der Waals surface area contributed by atoms with Gasteiger partial charge in [0.25, 0.3) is 0 Å². The maximum atomic E-state index is 12.0. The predicted octanol–water partition coefficient (Wildman–Crippen LogP) is 2.04. The number of aryl methyl sites for hydroxylation is 1. The van der Waals surface area contributed by atoms with Crippen molar-refractivity contribution in [1.82, 2.24) is 10.2 Å². The molecule has 1 aromatic rings. The Morgan fingerprint density at radius 3 is 2.55 bits per heavy atom. The van der Waals surface area contributed by atoms with E-state index in [0.717, 1.165) is 37.2 Å². The van der Waals surface area contributed by atoms with Gasteiger partial charge in [-0.15, -0.1) is 12.4 Å². The molecule has 0 unspecified atom stereocenters. The van der Waals surface area contributed by atoms with E-state index < -0.39 is 0 Å². The van der Waals surface area contributed by atoms with Gasteiger partial charge >= 0.3 is 0 Å². The van der Waals surface area contributed by atoms with Crippen LogP contribution in [0.4, 0.5) is 5.69 Å². The van der Waals surface area contributed by atoms with Crippen molar-refractivity contribution in [2.24, 2.45) is 0 Å². The minimum atomic E-state index is 0. The number of carbonyl (C=O) groups is 1. The Balaban J connectivity index is 0.00000200. The number of benzene rings is 1. The van der Waals surface area contributed by atoms with E-state index in [1.165, 1.54) is 0 Å². The lowest BCUT2D eigenvalue weighted by Gasteiger charge is -2.31. The van der Waals surface area contributed by atoms with Gasteiger partial charge in [0.2, 0.25) is 5.91 Å². The molecule has 0 spiro atoms. The molecule has 1 aliphatic rings. The Hall–Kier alpha value is -1.10. The molecule has 0 aromatic heterocycles. The van der Waals surface area contributed by atoms with Crippen LogP contribution in [0.15, 0.2) is 24.3 Å². The first-order valence-corrected chi connectivity index (χ1v) is 6.94. The van der Waals surface area contributed by atoms with Crippen LogP contribution >= 0.6 is 12.4 Å². The summed E-state index contributed by atoms with van der Waals surface area (Å²) >= 11 is 0. The number of carbonyl (C=O) groups excluding carboxylic acids is 1. The molecular weight excluding hydrogens is 274 g/mol. The monoisotopic (exact) mass is 297 g/mol. The van der Waals surface area contributed by atoms with Crippen molar-refractivity contribution in [2.75, 3.05) is 32.0 Å². The topological polar surface area (TPSA) is 44.4 Å². The number of piperidine rings is 1. The lowest BCUT2D eigenvalue weighted by Crippen LogP contribution is -2.44. The average molecular weight is 298 g/mol. The van der Waals surface area contributed by atoms with Gasteiger partial charge in [0.05, 0.1) is 6.54 Å². The van der Waals surface area contributed by atoms with Gasteiger partial charge in [-0.2, -0.15) is 0 Å². The number of hydrogen-bond acceptors (Lipinski definition) is 3. The van der Waals surface area contributed by atoms with Crippen LogP contribution in [0.2, 0.25) is 0 Å². The fourth-order valence-electron chi connectivity index (χ4n) is 2.49. The second-order valence-corrected chi connectivity index (χ2v) is 5.20. The highest BCUT2D eigenvalue weighted by Crippen LogP contribution is 2.14. The molecule has 112 valence electrons. The zero-order valence-corrected chi connectivity index (χ0v) is 13.0. The van der Waals surface area contributed by atoms with Crippen LogP contribution in [0.25, 0.3) is 0 Å². The zero-order chi connectivity index (χ0) is 13.7. The minimum absolute atomic E-state index is 0. The van der Waals surface area contributed by atoms with Gasteiger partial charge in [-0.1, -0.05) is 18.2 Å². The first-order chi connectivity index (χ1) is 9.19. The van der Waals surface area contributed by atoms with Crippen LogP contribution in [0.3, 0.4) is 0 Å². The van der Waals surface area contributed by atoms with Crippen molar-refractivity contribution in [2.45, 2.75) is 25.8 Å². The average Bonchev–Trinajstić information content (AvgIpc) is 2.42. The molecule has 0 saturated carbocycles. The summed E-state index contributed by atoms with van der Waals surface area (Å²) in [6.07, 6.45) is 2.24. The first-order valence-electron chi connectivity index (χ1n) is 6.94. The van der Waals surface area contributed by atoms with Crippen molar-refractivity contribution in [1.29, 1.82) is 0 Å². The number of anilines is 1. The molecule has 20 heavy (non-hydrogen) atoms. The van der Waals surface area contributed by atoms with Gasteiger partial charge in [-0.3, -0.25) is 9.69 Å². The molecule has 1 aliphatic heterocycles. The largest absolute Gasteiger partial charge is 0.325 e. The number of nitrogens with zero attached hydrogens (tertiary/aromatic N) is 1. The molecule has 1 heterocycles. The van der Waals surface area contributed by atoms with Gasteiger partial charge < -0.3 is 10.6 Å². The van der Waals surface area contributed by atoms with E-state index in [2.05, 4.69) is 15.5 Å². The fourth-order valence-corrected chi connectivity index (χ4v) is 2.49. The zero-order valence-electron chi connectivity index (χ0n) is 12.2. The van der Waals surface area contributed by atoms with Crippen LogP contribution < -0.4 is 10.6 Å². The van der Waals surface area contributed by atoms with Crippen molar-refractivity contribution >= 4 is 24.0 Å². The van der Waals surface area contributed by atoms with Gasteiger partial charge in [-0.25, -0.2) is 0 Å². The van der Waals surface area contributed by atoms with Crippen LogP contribution in [-0.4, -0.2) is 43.5 Å². The Bertz CT molecular complexity index is 431. The van der Waals surface area contributed by atoms with Crippen molar-refractivity contribution < 1.29 is 4.79 Å². The lowest BCUT2D eigenvalue weighted by molar-refractivity contribution is -0.117. The van der Waals surface area contributed by atoms with Gasteiger partial charge in [0.15, 0.2) is 0 Å². The Morgan fingerprint density at radius 2 is 1.95 bits per heavy atom. The second-order valence-electron chi connectivity index (χ2n) is 5.20. The van der Waals surface area contributed by atoms with Crippen molar-refractivity contribution in [3.8, 4) is 0 Å². The lowest BCUT2D eigenvalue weighted by atomic mass is 10.1. The summed E-state index contributed by atoms with van der Waals surface area (Å²) in [5, 5.41) is 6.28. The van der Waals surface area contributed by atoms with Gasteiger partial charge in [0, 0.05) is 24.8 Å². The van der Waals surface area contributed by atoms with Crippen molar-refractivity contribution in [3.05, 3.63) is 29.8 Å². The van der Waals surface area contributed by atoms with E-state index in [1.54, 1.807) is 0 Å². The maximum absolute atomic E-state index is 12.0. The summed E-state index contributed by atoms with van der Waals surface area (Å²) < 4.78 is 0. The van der Waals surface area contributed by atoms with E-state index in [0.29, 0.717) is 12.6 Å². The van der Waals surface area contributed by atoms with E-state index >= 15 is 0 Å². The number of nitrogens with one attached hydrogen (secondary N) is 2. The number of halogens is 1. The van der Waals surface area contributed by atoms with E-state index in [1.807, 2.05) is 38.2 Å². The highest BCUT2D eigenvalue weighted by atomic mass is 35.5. The Kier molecular flexibility index (Phi) is 6.99. The van der Waals surface area contributed by atoms with Crippen LogP contribution in [0.1, 0.15) is 18.4 Å². The standard InChI is InChI=1S/C15H23N3O.ClH/c1-12-5-3-4-6-14(12)17-15(19)11-18-9-7-13(16-2)8-10-18;/h3-6,13,16H,7-11H2,1-2H3,(H,17,19);1H. The molecule has 0 radical (unpaired) electrons. The fraction of sp³-hybridized carbons (Fsp3) is 0.533. The van der Waals surface area contributed by atoms with Gasteiger partial charge in [0.1, 0.15) is 0 Å². The summed E-state index contributed by atoms with van der Waals surface area (Å²) in [7, 11) is 2.01. The normalized spacial score (nSPS) is 16.5. The number of rotatable bonds is 4. The summed E-state index contributed by atoms with van der Waals surface area (Å²) in [6, 6.07) is 8.49. The summed E-state index contributed by atoms with van der Waals surface area (Å²) in [6.45, 7) is 4.48. The second kappa shape index (κ2) is 8.25. The van der Waals surface area contributed by atoms with E-state index in [-0.39, 0.29) is 18.3 Å². The van der Waals surface area contributed by atoms with E-state index in [4.69, 9.17) is 0 Å². The molecule has 2 N–H and O–H groups in total. The van der Waals surface area contributed by atoms with E-state index in [9.17, 15) is 4.79 Å². The van der Waals surface area contributed by atoms with Crippen LogP contribution in [0, 0.1) is 6.92 Å². The third kappa shape index (κ3) is 4.78. The Morgan fingerprint density at radius 1 is 1.30 bits per heavy atom. The number of para-hydroxylation sites is 1. The molecule has 4 nitrogen and oxygen atoms in total. The molecule has 1 amide bonds. The molecular formula is C15H24ClN3O. The minimum Gasteiger partial charge on any atom is -0.325 e. The molecule has 1 aromatic carbocycles. The smallest absolute Gasteiger partial charge is 0.238 e. The number of hydrogen-bond donors (Lipinski definition) is 2. The van der Waals surface area contributed by atoms with Crippen LogP contribution in [-0.2, 0) is 4.79 Å². The summed E-state index contributed by atoms with van der Waals surface area (Å²) in [4.78, 5) is 14.2. The third-order valence-corrected chi connectivity index (χ3v) is 3.78. The maximum Gasteiger partial charge on any atom is 0.238 e. The summed E-state index contributed by atoms with van der Waals surface area (Å²) in [5.41, 5.74) is 2.02. The van der Waals surface area contributed by atoms with Crippen LogP contribution in [0.5, 0.6) is 0 Å². The SMILES string of the molecule is CNC1CCN(CC(=O)Nc2ccccc2C)CC1.Cl. The third-order valence-electron chi connectivity index (χ3n) is 3.78. The van der Waals surface area contributed by atoms with Gasteiger partial charge in [-0.05, 0) is 38.4 Å². The molecule has 1 saturated heterocycles.